The molecule has 0 aliphatic heterocycles. The SMILES string of the molecule is COc1nn(-c2cccc(-c3nncn3C(C)C)n2)c(=O)c2cc(-n3cnc(C4CC4)c3)c(C)cc12. The van der Waals surface area contributed by atoms with Crippen molar-refractivity contribution in [2.45, 2.75) is 45.6 Å². The van der Waals surface area contributed by atoms with E-state index in [-0.39, 0.29) is 11.6 Å². The molecule has 10 heteroatoms. The zero-order chi connectivity index (χ0) is 25.0. The Kier molecular flexibility index (Phi) is 5.17. The summed E-state index contributed by atoms with van der Waals surface area (Å²) in [5, 5.41) is 13.9. The van der Waals surface area contributed by atoms with E-state index < -0.39 is 0 Å². The first-order valence-corrected chi connectivity index (χ1v) is 12.0. The number of aromatic nitrogens is 8. The average molecular weight is 483 g/mol. The smallest absolute Gasteiger partial charge is 0.281 e. The molecule has 1 aromatic carbocycles. The van der Waals surface area contributed by atoms with Crippen LogP contribution < -0.4 is 10.3 Å². The molecule has 4 heterocycles. The van der Waals surface area contributed by atoms with Gasteiger partial charge in [-0.25, -0.2) is 9.97 Å². The molecule has 1 aliphatic carbocycles. The molecule has 0 N–H and O–H groups in total. The lowest BCUT2D eigenvalue weighted by molar-refractivity contribution is 0.392. The fourth-order valence-corrected chi connectivity index (χ4v) is 4.47. The van der Waals surface area contributed by atoms with Gasteiger partial charge in [-0.05, 0) is 63.4 Å². The molecule has 4 aromatic heterocycles. The highest BCUT2D eigenvalue weighted by Crippen LogP contribution is 2.39. The summed E-state index contributed by atoms with van der Waals surface area (Å²) in [4.78, 5) is 23.0. The minimum atomic E-state index is -0.287. The quantitative estimate of drug-likeness (QED) is 0.360. The molecule has 0 bridgehead atoms. The molecule has 0 unspecified atom stereocenters. The zero-order valence-corrected chi connectivity index (χ0v) is 20.6. The first-order chi connectivity index (χ1) is 17.4. The van der Waals surface area contributed by atoms with Gasteiger partial charge in [0, 0.05) is 18.2 Å². The van der Waals surface area contributed by atoms with Gasteiger partial charge in [-0.2, -0.15) is 4.68 Å². The maximum absolute atomic E-state index is 13.7. The summed E-state index contributed by atoms with van der Waals surface area (Å²) in [6, 6.07) is 9.39. The van der Waals surface area contributed by atoms with Crippen molar-refractivity contribution in [3.8, 4) is 28.9 Å². The molecule has 1 fully saturated rings. The number of fused-ring (bicyclic) bond motifs is 1. The Hall–Kier alpha value is -4.34. The predicted octanol–water partition coefficient (Wildman–Crippen LogP) is 4.00. The van der Waals surface area contributed by atoms with Crippen molar-refractivity contribution in [1.82, 2.24) is 39.1 Å². The lowest BCUT2D eigenvalue weighted by atomic mass is 10.1. The van der Waals surface area contributed by atoms with E-state index in [9.17, 15) is 4.79 Å². The van der Waals surface area contributed by atoms with Gasteiger partial charge in [-0.3, -0.25) is 4.79 Å². The normalized spacial score (nSPS) is 13.6. The molecule has 0 radical (unpaired) electrons. The largest absolute Gasteiger partial charge is 0.480 e. The highest BCUT2D eigenvalue weighted by Gasteiger charge is 2.26. The zero-order valence-electron chi connectivity index (χ0n) is 20.6. The van der Waals surface area contributed by atoms with E-state index in [4.69, 9.17) is 9.72 Å². The number of aryl methyl sites for hydroxylation is 1. The molecule has 1 aliphatic rings. The van der Waals surface area contributed by atoms with Crippen molar-refractivity contribution in [1.29, 1.82) is 0 Å². The van der Waals surface area contributed by atoms with Gasteiger partial charge in [0.15, 0.2) is 11.6 Å². The lowest BCUT2D eigenvalue weighted by Crippen LogP contribution is -2.23. The van der Waals surface area contributed by atoms with Gasteiger partial charge < -0.3 is 13.9 Å². The van der Waals surface area contributed by atoms with Gasteiger partial charge in [-0.1, -0.05) is 6.07 Å². The van der Waals surface area contributed by atoms with Crippen LogP contribution in [0.4, 0.5) is 0 Å². The van der Waals surface area contributed by atoms with Crippen molar-refractivity contribution >= 4 is 10.8 Å². The minimum Gasteiger partial charge on any atom is -0.480 e. The third kappa shape index (κ3) is 3.65. The Labute approximate surface area is 207 Å². The van der Waals surface area contributed by atoms with Crippen LogP contribution in [-0.2, 0) is 0 Å². The number of benzene rings is 1. The number of pyridine rings is 1. The third-order valence-electron chi connectivity index (χ3n) is 6.56. The standard InChI is InChI=1S/C26H26N8O2/c1-15(2)33-14-28-30-24(33)20-6-5-7-23(29-20)34-26(35)19-11-22(16(3)10-18(19)25(31-34)36-4)32-12-21(27-13-32)17-8-9-17/h5-7,10-15,17H,8-9H2,1-4H3. The van der Waals surface area contributed by atoms with Crippen molar-refractivity contribution in [3.63, 3.8) is 0 Å². The van der Waals surface area contributed by atoms with Crippen molar-refractivity contribution < 1.29 is 4.74 Å². The van der Waals surface area contributed by atoms with Crippen LogP contribution in [0.1, 0.15) is 49.9 Å². The van der Waals surface area contributed by atoms with E-state index >= 15 is 0 Å². The molecule has 6 rings (SSSR count). The number of hydrogen-bond donors (Lipinski definition) is 0. The van der Waals surface area contributed by atoms with Crippen LogP contribution in [0.15, 0.2) is 54.0 Å². The first-order valence-electron chi connectivity index (χ1n) is 12.0. The Morgan fingerprint density at radius 2 is 1.94 bits per heavy atom. The molecule has 0 spiro atoms. The monoisotopic (exact) mass is 482 g/mol. The van der Waals surface area contributed by atoms with Crippen LogP contribution in [0.3, 0.4) is 0 Å². The molecule has 0 saturated heterocycles. The minimum absolute atomic E-state index is 0.160. The van der Waals surface area contributed by atoms with E-state index in [2.05, 4.69) is 26.5 Å². The van der Waals surface area contributed by atoms with Gasteiger partial charge in [0.2, 0.25) is 5.88 Å². The number of hydrogen-bond acceptors (Lipinski definition) is 7. The van der Waals surface area contributed by atoms with E-state index in [0.29, 0.717) is 39.9 Å². The van der Waals surface area contributed by atoms with E-state index in [1.165, 1.54) is 17.5 Å². The third-order valence-corrected chi connectivity index (χ3v) is 6.56. The molecule has 10 nitrogen and oxygen atoms in total. The Morgan fingerprint density at radius 3 is 2.69 bits per heavy atom. The van der Waals surface area contributed by atoms with Gasteiger partial charge in [0.1, 0.15) is 12.0 Å². The molecule has 1 saturated carbocycles. The topological polar surface area (TPSA) is 106 Å². The van der Waals surface area contributed by atoms with Gasteiger partial charge in [-0.15, -0.1) is 15.3 Å². The number of methoxy groups -OCH3 is 1. The summed E-state index contributed by atoms with van der Waals surface area (Å²) < 4.78 is 10.8. The summed E-state index contributed by atoms with van der Waals surface area (Å²) in [7, 11) is 1.55. The average Bonchev–Trinajstić information content (AvgIpc) is 3.39. The lowest BCUT2D eigenvalue weighted by Gasteiger charge is -2.14. The number of imidazole rings is 1. The Balaban J connectivity index is 1.51. The molecule has 36 heavy (non-hydrogen) atoms. The molecular formula is C26H26N8O2. The van der Waals surface area contributed by atoms with E-state index in [1.807, 2.05) is 60.5 Å². The molecule has 5 aromatic rings. The second kappa shape index (κ2) is 8.40. The Bertz CT molecular complexity index is 1660. The fraction of sp³-hybridized carbons (Fsp3) is 0.308. The second-order valence-electron chi connectivity index (χ2n) is 9.43. The van der Waals surface area contributed by atoms with Crippen molar-refractivity contribution in [2.75, 3.05) is 7.11 Å². The van der Waals surface area contributed by atoms with E-state index in [0.717, 1.165) is 16.9 Å². The van der Waals surface area contributed by atoms with Crippen molar-refractivity contribution in [3.05, 3.63) is 70.8 Å². The highest BCUT2D eigenvalue weighted by atomic mass is 16.5. The second-order valence-corrected chi connectivity index (χ2v) is 9.43. The first kappa shape index (κ1) is 22.1. The highest BCUT2D eigenvalue weighted by molar-refractivity contribution is 5.89. The van der Waals surface area contributed by atoms with Crippen LogP contribution >= 0.6 is 0 Å². The van der Waals surface area contributed by atoms with Crippen LogP contribution in [-0.4, -0.2) is 46.2 Å². The van der Waals surface area contributed by atoms with Gasteiger partial charge in [0.25, 0.3) is 5.56 Å². The predicted molar refractivity (Wildman–Crippen MR) is 135 cm³/mol. The van der Waals surface area contributed by atoms with Crippen LogP contribution in [0, 0.1) is 6.92 Å². The number of ether oxygens (including phenoxy) is 1. The summed E-state index contributed by atoms with van der Waals surface area (Å²) >= 11 is 0. The summed E-state index contributed by atoms with van der Waals surface area (Å²) in [5.74, 6) is 1.89. The summed E-state index contributed by atoms with van der Waals surface area (Å²) in [6.07, 6.45) is 7.90. The number of rotatable bonds is 6. The van der Waals surface area contributed by atoms with Crippen LogP contribution in [0.5, 0.6) is 5.88 Å². The maximum Gasteiger partial charge on any atom is 0.281 e. The fourth-order valence-electron chi connectivity index (χ4n) is 4.47. The van der Waals surface area contributed by atoms with E-state index in [1.54, 1.807) is 19.5 Å². The van der Waals surface area contributed by atoms with Gasteiger partial charge in [0.05, 0.1) is 35.6 Å². The Morgan fingerprint density at radius 1 is 1.11 bits per heavy atom. The number of nitrogens with zero attached hydrogens (tertiary/aromatic N) is 8. The molecule has 182 valence electrons. The maximum atomic E-state index is 13.7. The summed E-state index contributed by atoms with van der Waals surface area (Å²) in [6.45, 7) is 6.10. The van der Waals surface area contributed by atoms with Crippen LogP contribution in [0.2, 0.25) is 0 Å². The van der Waals surface area contributed by atoms with Crippen molar-refractivity contribution in [2.24, 2.45) is 0 Å². The van der Waals surface area contributed by atoms with Crippen LogP contribution in [0.25, 0.3) is 33.8 Å². The molecule has 0 atom stereocenters. The van der Waals surface area contributed by atoms with Gasteiger partial charge >= 0.3 is 0 Å². The molecular weight excluding hydrogens is 456 g/mol. The molecule has 0 amide bonds. The summed E-state index contributed by atoms with van der Waals surface area (Å²) in [5.41, 5.74) is 3.29.